The van der Waals surface area contributed by atoms with Gasteiger partial charge in [0.15, 0.2) is 5.75 Å². The Morgan fingerprint density at radius 2 is 1.97 bits per heavy atom. The van der Waals surface area contributed by atoms with Gasteiger partial charge in [0.1, 0.15) is 6.10 Å². The number of pyridine rings is 2. The molecular weight excluding hydrogens is 508 g/mol. The molecule has 2 aromatic heterocycles. The van der Waals surface area contributed by atoms with Crippen molar-refractivity contribution in [2.24, 2.45) is 11.8 Å². The van der Waals surface area contributed by atoms with Crippen molar-refractivity contribution in [1.29, 1.82) is 0 Å². The number of methoxy groups -OCH3 is 1. The van der Waals surface area contributed by atoms with Crippen LogP contribution in [0.1, 0.15) is 52.9 Å². The SMILES string of the molecule is CCCCOc1cc(N2CC[C@@H](C)[C@@H]2CC(=O)O)cnc1OC1CCN(c2cc(OC)ncc2Cl)CC1C. The molecule has 0 radical (unpaired) electrons. The number of carboxylic acid groups (broad SMARTS) is 1. The summed E-state index contributed by atoms with van der Waals surface area (Å²) in [6.45, 7) is 9.31. The van der Waals surface area contributed by atoms with Gasteiger partial charge in [0.05, 0.1) is 48.9 Å². The number of nitrogens with zero attached hydrogens (tertiary/aromatic N) is 4. The highest BCUT2D eigenvalue weighted by Crippen LogP contribution is 2.38. The Morgan fingerprint density at radius 1 is 1.16 bits per heavy atom. The van der Waals surface area contributed by atoms with Crippen LogP contribution >= 0.6 is 11.6 Å². The molecule has 2 unspecified atom stereocenters. The fourth-order valence-electron chi connectivity index (χ4n) is 5.34. The van der Waals surface area contributed by atoms with E-state index < -0.39 is 5.97 Å². The molecule has 4 atom stereocenters. The lowest BCUT2D eigenvalue weighted by Gasteiger charge is -2.38. The number of carboxylic acids is 1. The molecule has 2 saturated heterocycles. The van der Waals surface area contributed by atoms with Gasteiger partial charge in [0.2, 0.25) is 5.88 Å². The summed E-state index contributed by atoms with van der Waals surface area (Å²) in [6.07, 6.45) is 7.17. The number of rotatable bonds is 11. The van der Waals surface area contributed by atoms with Gasteiger partial charge in [0.25, 0.3) is 5.88 Å². The van der Waals surface area contributed by atoms with Crippen LogP contribution in [-0.4, -0.2) is 66.5 Å². The van der Waals surface area contributed by atoms with Crippen molar-refractivity contribution in [3.05, 3.63) is 29.5 Å². The van der Waals surface area contributed by atoms with E-state index in [2.05, 4.69) is 40.5 Å². The van der Waals surface area contributed by atoms with E-state index in [-0.39, 0.29) is 24.5 Å². The predicted octanol–water partition coefficient (Wildman–Crippen LogP) is 5.30. The van der Waals surface area contributed by atoms with Crippen molar-refractivity contribution < 1.29 is 24.1 Å². The minimum Gasteiger partial charge on any atom is -0.488 e. The quantitative estimate of drug-likeness (QED) is 0.376. The number of hydrogen-bond donors (Lipinski definition) is 1. The molecule has 0 saturated carbocycles. The summed E-state index contributed by atoms with van der Waals surface area (Å²) < 4.78 is 17.9. The predicted molar refractivity (Wildman–Crippen MR) is 148 cm³/mol. The Kier molecular flexibility index (Phi) is 9.41. The summed E-state index contributed by atoms with van der Waals surface area (Å²) in [6, 6.07) is 3.77. The second-order valence-corrected chi connectivity index (χ2v) is 10.8. The average molecular weight is 547 g/mol. The molecule has 0 spiro atoms. The van der Waals surface area contributed by atoms with E-state index in [1.165, 1.54) is 0 Å². The lowest BCUT2D eigenvalue weighted by molar-refractivity contribution is -0.137. The van der Waals surface area contributed by atoms with Gasteiger partial charge in [-0.05, 0) is 18.8 Å². The van der Waals surface area contributed by atoms with Crippen molar-refractivity contribution in [2.75, 3.05) is 43.2 Å². The highest BCUT2D eigenvalue weighted by Gasteiger charge is 2.34. The lowest BCUT2D eigenvalue weighted by Crippen LogP contribution is -2.44. The first kappa shape index (κ1) is 28.1. The van der Waals surface area contributed by atoms with E-state index in [1.807, 2.05) is 12.1 Å². The first-order valence-corrected chi connectivity index (χ1v) is 13.9. The normalized spacial score (nSPS) is 23.4. The number of aromatic nitrogens is 2. The van der Waals surface area contributed by atoms with E-state index in [4.69, 9.17) is 25.8 Å². The summed E-state index contributed by atoms with van der Waals surface area (Å²) in [5.41, 5.74) is 1.79. The van der Waals surface area contributed by atoms with Crippen molar-refractivity contribution in [2.45, 2.75) is 65.0 Å². The molecule has 9 nitrogen and oxygen atoms in total. The van der Waals surface area contributed by atoms with Crippen LogP contribution in [0.25, 0.3) is 0 Å². The van der Waals surface area contributed by atoms with Gasteiger partial charge < -0.3 is 29.1 Å². The van der Waals surface area contributed by atoms with Gasteiger partial charge in [-0.25, -0.2) is 9.97 Å². The number of hydrogen-bond acceptors (Lipinski definition) is 8. The fraction of sp³-hybridized carbons (Fsp3) is 0.607. The van der Waals surface area contributed by atoms with E-state index in [0.29, 0.717) is 35.1 Å². The number of halogens is 1. The molecule has 208 valence electrons. The van der Waals surface area contributed by atoms with E-state index in [1.54, 1.807) is 19.5 Å². The van der Waals surface area contributed by atoms with Gasteiger partial charge in [-0.3, -0.25) is 4.79 Å². The minimum atomic E-state index is -0.784. The molecule has 2 aliphatic heterocycles. The zero-order chi connectivity index (χ0) is 27.2. The Morgan fingerprint density at radius 3 is 2.68 bits per heavy atom. The zero-order valence-electron chi connectivity index (χ0n) is 22.7. The Hall–Kier alpha value is -2.94. The maximum Gasteiger partial charge on any atom is 0.305 e. The summed E-state index contributed by atoms with van der Waals surface area (Å²) in [4.78, 5) is 24.7. The molecule has 0 aliphatic carbocycles. The standard InChI is InChI=1S/C28H39ClN4O5/c1-5-6-11-37-25-12-20(33-10-7-18(2)22(33)14-27(34)35)15-31-28(25)38-24-8-9-32(17-19(24)3)23-13-26(36-4)30-16-21(23)29/h12-13,15-16,18-19,22,24H,5-11,14,17H2,1-4H3,(H,34,35)/t18-,19?,22+,24?/m1/s1. The highest BCUT2D eigenvalue weighted by atomic mass is 35.5. The maximum absolute atomic E-state index is 11.5. The molecule has 4 heterocycles. The van der Waals surface area contributed by atoms with E-state index in [0.717, 1.165) is 56.7 Å². The number of carbonyl (C=O) groups is 1. The van der Waals surface area contributed by atoms with Crippen molar-refractivity contribution in [3.63, 3.8) is 0 Å². The van der Waals surface area contributed by atoms with Crippen LogP contribution in [0.5, 0.6) is 17.5 Å². The van der Waals surface area contributed by atoms with Crippen LogP contribution in [0.15, 0.2) is 24.5 Å². The van der Waals surface area contributed by atoms with Crippen molar-refractivity contribution in [3.8, 4) is 17.5 Å². The van der Waals surface area contributed by atoms with Crippen LogP contribution in [0, 0.1) is 11.8 Å². The van der Waals surface area contributed by atoms with Gasteiger partial charge >= 0.3 is 5.97 Å². The Bertz CT molecular complexity index is 1100. The van der Waals surface area contributed by atoms with Crippen LogP contribution in [0.3, 0.4) is 0 Å². The number of ether oxygens (including phenoxy) is 3. The number of piperidine rings is 1. The lowest BCUT2D eigenvalue weighted by atomic mass is 9.96. The number of aliphatic carboxylic acids is 1. The summed E-state index contributed by atoms with van der Waals surface area (Å²) in [7, 11) is 1.60. The Labute approximate surface area is 230 Å². The molecule has 38 heavy (non-hydrogen) atoms. The van der Waals surface area contributed by atoms with Gasteiger partial charge in [-0.15, -0.1) is 0 Å². The summed E-state index contributed by atoms with van der Waals surface area (Å²) in [5, 5.41) is 10.0. The molecule has 10 heteroatoms. The fourth-order valence-corrected chi connectivity index (χ4v) is 5.56. The van der Waals surface area contributed by atoms with Crippen LogP contribution in [-0.2, 0) is 4.79 Å². The second kappa shape index (κ2) is 12.7. The monoisotopic (exact) mass is 546 g/mol. The molecule has 2 aromatic rings. The first-order chi connectivity index (χ1) is 18.3. The molecule has 2 fully saturated rings. The molecular formula is C28H39ClN4O5. The second-order valence-electron chi connectivity index (χ2n) is 10.4. The first-order valence-electron chi connectivity index (χ1n) is 13.5. The smallest absolute Gasteiger partial charge is 0.305 e. The molecule has 0 amide bonds. The van der Waals surface area contributed by atoms with Gasteiger partial charge in [-0.2, -0.15) is 0 Å². The summed E-state index contributed by atoms with van der Waals surface area (Å²) in [5.74, 6) is 1.36. The van der Waals surface area contributed by atoms with Crippen molar-refractivity contribution in [1.82, 2.24) is 9.97 Å². The van der Waals surface area contributed by atoms with Crippen molar-refractivity contribution >= 4 is 28.9 Å². The molecule has 2 aliphatic rings. The Balaban J connectivity index is 1.50. The molecule has 1 N–H and O–H groups in total. The van der Waals surface area contributed by atoms with Gasteiger partial charge in [-0.1, -0.05) is 38.8 Å². The molecule has 4 rings (SSSR count). The molecule has 0 bridgehead atoms. The number of anilines is 2. The van der Waals surface area contributed by atoms with E-state index >= 15 is 0 Å². The van der Waals surface area contributed by atoms with Crippen LogP contribution in [0.2, 0.25) is 5.02 Å². The maximum atomic E-state index is 11.5. The average Bonchev–Trinajstić information content (AvgIpc) is 3.25. The van der Waals surface area contributed by atoms with Gasteiger partial charge in [0, 0.05) is 50.1 Å². The summed E-state index contributed by atoms with van der Waals surface area (Å²) >= 11 is 6.44. The largest absolute Gasteiger partial charge is 0.488 e. The third-order valence-electron chi connectivity index (χ3n) is 7.61. The van der Waals surface area contributed by atoms with Crippen LogP contribution < -0.4 is 24.0 Å². The topological polar surface area (TPSA) is 97.2 Å². The number of unbranched alkanes of at least 4 members (excludes halogenated alkanes) is 1. The van der Waals surface area contributed by atoms with Crippen LogP contribution in [0.4, 0.5) is 11.4 Å². The molecule has 0 aromatic carbocycles. The zero-order valence-corrected chi connectivity index (χ0v) is 23.5. The third-order valence-corrected chi connectivity index (χ3v) is 7.90. The minimum absolute atomic E-state index is 0.0350. The highest BCUT2D eigenvalue weighted by molar-refractivity contribution is 6.33. The van der Waals surface area contributed by atoms with E-state index in [9.17, 15) is 9.90 Å². The third kappa shape index (κ3) is 6.54.